The summed E-state index contributed by atoms with van der Waals surface area (Å²) in [6.45, 7) is 4.94. The number of carbonyl (C=O) groups excluding carboxylic acids is 4. The Hall–Kier alpha value is -4.52. The van der Waals surface area contributed by atoms with Gasteiger partial charge in [-0.15, -0.1) is 0 Å². The number of phenols is 1. The Morgan fingerprint density at radius 1 is 1.06 bits per heavy atom. The molecule has 12 heteroatoms. The molecule has 0 radical (unpaired) electrons. The van der Waals surface area contributed by atoms with Crippen LogP contribution in [-0.4, -0.2) is 83.9 Å². The van der Waals surface area contributed by atoms with E-state index < -0.39 is 53.7 Å². The van der Waals surface area contributed by atoms with Crippen LogP contribution < -0.4 is 10.6 Å². The van der Waals surface area contributed by atoms with Gasteiger partial charge in [-0.2, -0.15) is 0 Å². The lowest BCUT2D eigenvalue weighted by molar-refractivity contribution is -0.155. The molecule has 0 aromatic heterocycles. The molecule has 4 rings (SSSR count). The first kappa shape index (κ1) is 36.3. The van der Waals surface area contributed by atoms with Crippen LogP contribution in [0.3, 0.4) is 0 Å². The normalized spacial score (nSPS) is 19.6. The van der Waals surface area contributed by atoms with E-state index in [0.717, 1.165) is 11.1 Å². The largest absolute Gasteiger partial charge is 0.508 e. The number of fused-ring (bicyclic) bond motifs is 1. The number of aliphatic hydroxyl groups is 1. The number of allylic oxidation sites excluding steroid dienone is 1. The Balaban J connectivity index is 1.27. The first-order chi connectivity index (χ1) is 22.9. The van der Waals surface area contributed by atoms with Gasteiger partial charge in [0, 0.05) is 31.4 Å². The maximum atomic E-state index is 13.2. The van der Waals surface area contributed by atoms with Gasteiger partial charge < -0.3 is 39.8 Å². The van der Waals surface area contributed by atoms with Crippen LogP contribution in [0.5, 0.6) is 5.75 Å². The minimum absolute atomic E-state index is 0.00778. The molecule has 1 fully saturated rings. The Kier molecular flexibility index (Phi) is 12.9. The minimum atomic E-state index is -0.783. The number of hydrogen-bond acceptors (Lipinski definition) is 10. The maximum absolute atomic E-state index is 13.2. The average Bonchev–Trinajstić information content (AvgIpc) is 3.52. The summed E-state index contributed by atoms with van der Waals surface area (Å²) in [7, 11) is 0. The zero-order valence-electron chi connectivity index (χ0n) is 27.5. The van der Waals surface area contributed by atoms with Crippen molar-refractivity contribution >= 4 is 29.8 Å². The van der Waals surface area contributed by atoms with Gasteiger partial charge >= 0.3 is 11.9 Å². The third kappa shape index (κ3) is 11.0. The van der Waals surface area contributed by atoms with E-state index in [4.69, 9.17) is 18.9 Å². The van der Waals surface area contributed by atoms with Crippen LogP contribution in [0, 0.1) is 0 Å². The van der Waals surface area contributed by atoms with Gasteiger partial charge in [-0.05, 0) is 69.0 Å². The van der Waals surface area contributed by atoms with Gasteiger partial charge in [0.2, 0.25) is 11.8 Å². The highest BCUT2D eigenvalue weighted by Crippen LogP contribution is 2.31. The van der Waals surface area contributed by atoms with Crippen molar-refractivity contribution < 1.29 is 48.3 Å². The fraction of sp³-hybridized carbons (Fsp3) is 0.444. The number of rotatable bonds is 14. The van der Waals surface area contributed by atoms with Gasteiger partial charge in [-0.1, -0.05) is 42.5 Å². The fourth-order valence-corrected chi connectivity index (χ4v) is 5.30. The van der Waals surface area contributed by atoms with Crippen LogP contribution in [0.1, 0.15) is 67.9 Å². The van der Waals surface area contributed by atoms with Crippen LogP contribution in [-0.2, 0) is 39.8 Å². The molecule has 4 N–H and O–H groups in total. The van der Waals surface area contributed by atoms with E-state index in [0.29, 0.717) is 17.6 Å². The number of carbonyl (C=O) groups is 4. The van der Waals surface area contributed by atoms with E-state index in [-0.39, 0.29) is 51.4 Å². The number of nitrogens with one attached hydrogen (secondary N) is 2. The third-order valence-corrected chi connectivity index (χ3v) is 7.65. The predicted molar refractivity (Wildman–Crippen MR) is 176 cm³/mol. The molecule has 2 aromatic rings. The summed E-state index contributed by atoms with van der Waals surface area (Å²) in [6.07, 6.45) is 4.26. The molecule has 1 aliphatic heterocycles. The monoisotopic (exact) mass is 664 g/mol. The lowest BCUT2D eigenvalue weighted by Crippen LogP contribution is -2.44. The zero-order chi connectivity index (χ0) is 34.7. The second-order valence-electron chi connectivity index (χ2n) is 12.7. The molecule has 1 aliphatic carbocycles. The zero-order valence-corrected chi connectivity index (χ0v) is 27.5. The van der Waals surface area contributed by atoms with Crippen molar-refractivity contribution in [2.45, 2.75) is 82.8 Å². The van der Waals surface area contributed by atoms with Gasteiger partial charge in [0.1, 0.15) is 36.5 Å². The summed E-state index contributed by atoms with van der Waals surface area (Å²) in [5.41, 5.74) is 1.61. The Labute approximate surface area is 280 Å². The van der Waals surface area contributed by atoms with Gasteiger partial charge in [0.25, 0.3) is 0 Å². The van der Waals surface area contributed by atoms with E-state index in [1.165, 1.54) is 0 Å². The summed E-state index contributed by atoms with van der Waals surface area (Å²) in [5.74, 6) is -1.61. The maximum Gasteiger partial charge on any atom is 0.338 e. The average molecular weight is 665 g/mol. The smallest absolute Gasteiger partial charge is 0.338 e. The molecule has 0 unspecified atom stereocenters. The number of ether oxygens (including phenoxy) is 4. The Bertz CT molecular complexity index is 1510. The minimum Gasteiger partial charge on any atom is -0.508 e. The van der Waals surface area contributed by atoms with Crippen LogP contribution in [0.15, 0.2) is 66.3 Å². The van der Waals surface area contributed by atoms with Crippen LogP contribution in [0.25, 0.3) is 6.08 Å². The van der Waals surface area contributed by atoms with E-state index >= 15 is 0 Å². The summed E-state index contributed by atoms with van der Waals surface area (Å²) in [5, 5.41) is 25.0. The van der Waals surface area contributed by atoms with E-state index in [2.05, 4.69) is 10.6 Å². The SMILES string of the molecule is CC(C)(C)OC(=O)CC[C@@H](CO)NC(=O)CCNC(=O)C1=C[C@H]2OCO[C@H]2[C@H](OC(=O)c2cccc(C=CCc3ccccc3O)c2)C1. The highest BCUT2D eigenvalue weighted by atomic mass is 16.7. The van der Waals surface area contributed by atoms with Crippen LogP contribution >= 0.6 is 0 Å². The number of esters is 2. The van der Waals surface area contributed by atoms with Crippen molar-refractivity contribution in [3.8, 4) is 5.75 Å². The molecular weight excluding hydrogens is 620 g/mol. The molecule has 2 aliphatic rings. The first-order valence-corrected chi connectivity index (χ1v) is 16.0. The molecule has 1 saturated heterocycles. The molecule has 258 valence electrons. The molecule has 0 saturated carbocycles. The number of aliphatic hydroxyl groups excluding tert-OH is 1. The topological polar surface area (TPSA) is 170 Å². The number of phenolic OH excluding ortho intramolecular Hbond substituents is 1. The molecule has 0 spiro atoms. The molecule has 0 bridgehead atoms. The summed E-state index contributed by atoms with van der Waals surface area (Å²) in [6, 6.07) is 13.4. The highest BCUT2D eigenvalue weighted by molar-refractivity contribution is 5.94. The van der Waals surface area contributed by atoms with Crippen molar-refractivity contribution in [1.82, 2.24) is 10.6 Å². The van der Waals surface area contributed by atoms with Crippen molar-refractivity contribution in [3.05, 3.63) is 82.9 Å². The fourth-order valence-electron chi connectivity index (χ4n) is 5.30. The lowest BCUT2D eigenvalue weighted by atomic mass is 9.91. The molecule has 12 nitrogen and oxygen atoms in total. The summed E-state index contributed by atoms with van der Waals surface area (Å²) >= 11 is 0. The summed E-state index contributed by atoms with van der Waals surface area (Å²) < 4.78 is 22.4. The summed E-state index contributed by atoms with van der Waals surface area (Å²) in [4.78, 5) is 50.6. The molecule has 1 heterocycles. The molecule has 2 amide bonds. The van der Waals surface area contributed by atoms with Crippen molar-refractivity contribution in [1.29, 1.82) is 0 Å². The molecule has 48 heavy (non-hydrogen) atoms. The van der Waals surface area contributed by atoms with Gasteiger partial charge in [-0.3, -0.25) is 14.4 Å². The number of benzene rings is 2. The van der Waals surface area contributed by atoms with Crippen molar-refractivity contribution in [2.75, 3.05) is 19.9 Å². The molecular formula is C36H44N2O10. The first-order valence-electron chi connectivity index (χ1n) is 16.0. The van der Waals surface area contributed by atoms with Crippen LogP contribution in [0.2, 0.25) is 0 Å². The van der Waals surface area contributed by atoms with Crippen molar-refractivity contribution in [3.63, 3.8) is 0 Å². The van der Waals surface area contributed by atoms with Gasteiger partial charge in [-0.25, -0.2) is 4.79 Å². The number of hydrogen-bond donors (Lipinski definition) is 4. The number of amides is 2. The van der Waals surface area contributed by atoms with Gasteiger partial charge in [0.05, 0.1) is 18.2 Å². The van der Waals surface area contributed by atoms with E-state index in [1.54, 1.807) is 57.2 Å². The third-order valence-electron chi connectivity index (χ3n) is 7.65. The quantitative estimate of drug-likeness (QED) is 0.220. The Morgan fingerprint density at radius 3 is 2.60 bits per heavy atom. The van der Waals surface area contributed by atoms with Crippen molar-refractivity contribution in [2.24, 2.45) is 0 Å². The molecule has 4 atom stereocenters. The highest BCUT2D eigenvalue weighted by Gasteiger charge is 2.42. The van der Waals surface area contributed by atoms with E-state index in [1.807, 2.05) is 30.4 Å². The predicted octanol–water partition coefficient (Wildman–Crippen LogP) is 3.35. The Morgan fingerprint density at radius 2 is 1.85 bits per heavy atom. The molecule has 2 aromatic carbocycles. The van der Waals surface area contributed by atoms with E-state index in [9.17, 15) is 29.4 Å². The lowest BCUT2D eigenvalue weighted by Gasteiger charge is -2.30. The second kappa shape index (κ2) is 17.0. The standard InChI is InChI=1S/C36H44N2O10/c1-36(2,3)48-32(42)15-14-27(21-39)38-31(41)16-17-37-34(43)26-19-29-33(46-22-45-29)30(20-26)47-35(44)25-12-7-9-23(18-25)8-6-11-24-10-4-5-13-28(24)40/h4-10,12-13,18-19,27,29-30,33,39-40H,11,14-17,20-22H2,1-3H3,(H,37,43)(H,38,41)/t27-,29+,30+,33+/m0/s1. The second-order valence-corrected chi connectivity index (χ2v) is 12.7. The number of para-hydroxylation sites is 1. The van der Waals surface area contributed by atoms with Gasteiger partial charge in [0.15, 0.2) is 0 Å². The van der Waals surface area contributed by atoms with Crippen LogP contribution in [0.4, 0.5) is 0 Å². The number of aromatic hydroxyl groups is 1.